The molecule has 0 bridgehead atoms. The Morgan fingerprint density at radius 3 is 2.88 bits per heavy atom. The van der Waals surface area contributed by atoms with Gasteiger partial charge >= 0.3 is 0 Å². The zero-order chi connectivity index (χ0) is 10.8. The lowest BCUT2D eigenvalue weighted by Gasteiger charge is -1.85. The Labute approximate surface area is 95.0 Å². The van der Waals surface area contributed by atoms with Crippen LogP contribution in [0.5, 0.6) is 0 Å². The molecule has 0 aliphatic heterocycles. The third-order valence-corrected chi connectivity index (χ3v) is 2.76. The summed E-state index contributed by atoms with van der Waals surface area (Å²) in [5.41, 5.74) is 0. The van der Waals surface area contributed by atoms with E-state index in [4.69, 9.17) is 0 Å². The predicted molar refractivity (Wildman–Crippen MR) is 60.3 cm³/mol. The first-order chi connectivity index (χ1) is 7.92. The number of nitrogens with zero attached hydrogens (tertiary/aromatic N) is 5. The Hall–Kier alpha value is -2.08. The zero-order valence-electron chi connectivity index (χ0n) is 8.19. The van der Waals surface area contributed by atoms with E-state index in [1.54, 1.807) is 12.4 Å². The highest BCUT2D eigenvalue weighted by Crippen LogP contribution is 2.04. The van der Waals surface area contributed by atoms with Gasteiger partial charge in [0.05, 0.1) is 0 Å². The first kappa shape index (κ1) is 9.17. The van der Waals surface area contributed by atoms with Gasteiger partial charge in [0, 0.05) is 18.6 Å². The number of pyridine rings is 1. The maximum Gasteiger partial charge on any atom is 0.246 e. The molecule has 0 spiro atoms. The van der Waals surface area contributed by atoms with Crippen LogP contribution in [0.1, 0.15) is 0 Å². The molecule has 78 valence electrons. The monoisotopic (exact) mass is 229 g/mol. The highest BCUT2D eigenvalue weighted by Gasteiger charge is 1.97. The smallest absolute Gasteiger partial charge is 0.237 e. The van der Waals surface area contributed by atoms with Gasteiger partial charge in [-0.1, -0.05) is 6.07 Å². The van der Waals surface area contributed by atoms with Crippen LogP contribution in [-0.2, 0) is 0 Å². The van der Waals surface area contributed by atoms with Crippen molar-refractivity contribution in [2.75, 3.05) is 0 Å². The summed E-state index contributed by atoms with van der Waals surface area (Å²) in [6, 6.07) is 7.44. The lowest BCUT2D eigenvalue weighted by atomic mass is 10.5. The minimum atomic E-state index is 0.650. The van der Waals surface area contributed by atoms with Crippen LogP contribution in [0.3, 0.4) is 0 Å². The van der Waals surface area contributed by atoms with Gasteiger partial charge in [-0.3, -0.25) is 0 Å². The molecule has 3 rings (SSSR count). The van der Waals surface area contributed by atoms with Crippen LogP contribution < -0.4 is 4.80 Å². The van der Waals surface area contributed by atoms with Gasteiger partial charge in [0.15, 0.2) is 5.82 Å². The molecule has 3 heterocycles. The quantitative estimate of drug-likeness (QED) is 0.634. The number of hydrogen-bond acceptors (Lipinski definition) is 5. The van der Waals surface area contributed by atoms with Crippen LogP contribution in [0, 0.1) is 0 Å². The van der Waals surface area contributed by atoms with E-state index in [0.29, 0.717) is 16.4 Å². The average Bonchev–Trinajstić information content (AvgIpc) is 2.72. The van der Waals surface area contributed by atoms with E-state index >= 15 is 0 Å². The number of fused-ring (bicyclic) bond motifs is 1. The third-order valence-electron chi connectivity index (χ3n) is 1.93. The molecular weight excluding hydrogens is 222 g/mol. The van der Waals surface area contributed by atoms with Crippen LogP contribution in [0.15, 0.2) is 47.8 Å². The summed E-state index contributed by atoms with van der Waals surface area (Å²) in [7, 11) is 0. The van der Waals surface area contributed by atoms with Crippen LogP contribution in [0.2, 0.25) is 0 Å². The van der Waals surface area contributed by atoms with Gasteiger partial charge in [0.2, 0.25) is 10.6 Å². The molecule has 0 amide bonds. The van der Waals surface area contributed by atoms with Crippen molar-refractivity contribution >= 4 is 23.1 Å². The fourth-order valence-electron chi connectivity index (χ4n) is 1.26. The lowest BCUT2D eigenvalue weighted by Crippen LogP contribution is -1.96. The van der Waals surface area contributed by atoms with Crippen molar-refractivity contribution in [2.24, 2.45) is 4.99 Å². The molecule has 0 radical (unpaired) electrons. The molecular formula is C10H7N5S. The molecule has 0 atom stereocenters. The maximum atomic E-state index is 4.31. The predicted octanol–water partition coefficient (Wildman–Crippen LogP) is 1.42. The second-order valence-electron chi connectivity index (χ2n) is 3.03. The topological polar surface area (TPSA) is 55.4 Å². The molecule has 6 heteroatoms. The van der Waals surface area contributed by atoms with E-state index in [1.807, 2.05) is 34.3 Å². The van der Waals surface area contributed by atoms with Gasteiger partial charge in [-0.15, -0.1) is 0 Å². The normalized spacial score (nSPS) is 12.1. The summed E-state index contributed by atoms with van der Waals surface area (Å²) in [6.45, 7) is 0. The van der Waals surface area contributed by atoms with Gasteiger partial charge in [-0.2, -0.15) is 9.98 Å². The van der Waals surface area contributed by atoms with Gasteiger partial charge in [-0.05, 0) is 29.7 Å². The molecule has 3 aromatic rings. The summed E-state index contributed by atoms with van der Waals surface area (Å²) in [5.74, 6) is 1.31. The molecule has 0 fully saturated rings. The molecule has 5 nitrogen and oxygen atoms in total. The Bertz CT molecular complexity index is 634. The first-order valence-electron chi connectivity index (χ1n) is 4.68. The molecule has 0 N–H and O–H groups in total. The standard InChI is InChI=1S/C10H7N5S/c1-2-5-11-8(4-1)13-10-14-9-12-6-3-7-15(9)16-10/h1-7H/b13-10+. The minimum Gasteiger partial charge on any atom is -0.237 e. The Morgan fingerprint density at radius 1 is 1.12 bits per heavy atom. The second kappa shape index (κ2) is 3.82. The molecule has 3 aromatic heterocycles. The number of aromatic nitrogens is 4. The van der Waals surface area contributed by atoms with E-state index in [-0.39, 0.29) is 0 Å². The summed E-state index contributed by atoms with van der Waals surface area (Å²) in [4.78, 5) is 17.5. The maximum absolute atomic E-state index is 4.31. The molecule has 16 heavy (non-hydrogen) atoms. The average molecular weight is 229 g/mol. The van der Waals surface area contributed by atoms with E-state index in [0.717, 1.165) is 0 Å². The molecule has 0 saturated carbocycles. The van der Waals surface area contributed by atoms with Gasteiger partial charge in [-0.25, -0.2) is 13.8 Å². The summed E-state index contributed by atoms with van der Waals surface area (Å²) >= 11 is 1.43. The molecule has 0 unspecified atom stereocenters. The Balaban J connectivity index is 2.16. The van der Waals surface area contributed by atoms with Gasteiger partial charge < -0.3 is 0 Å². The SMILES string of the molecule is c1ccc(/N=c2\nc3ncccn3s2)nc1. The van der Waals surface area contributed by atoms with E-state index < -0.39 is 0 Å². The Kier molecular flexibility index (Phi) is 2.19. The molecule has 0 aromatic carbocycles. The highest BCUT2D eigenvalue weighted by atomic mass is 32.1. The summed E-state index contributed by atoms with van der Waals surface area (Å²) in [5, 5.41) is 0. The van der Waals surface area contributed by atoms with Crippen molar-refractivity contribution < 1.29 is 0 Å². The molecule has 0 aliphatic carbocycles. The van der Waals surface area contributed by atoms with Crippen LogP contribution >= 0.6 is 11.5 Å². The van der Waals surface area contributed by atoms with Crippen LogP contribution in [0.25, 0.3) is 5.78 Å². The lowest BCUT2D eigenvalue weighted by molar-refractivity contribution is 1.13. The Morgan fingerprint density at radius 2 is 2.06 bits per heavy atom. The van der Waals surface area contributed by atoms with Crippen molar-refractivity contribution in [1.82, 2.24) is 18.7 Å². The van der Waals surface area contributed by atoms with E-state index in [9.17, 15) is 0 Å². The van der Waals surface area contributed by atoms with Crippen molar-refractivity contribution in [2.45, 2.75) is 0 Å². The third kappa shape index (κ3) is 1.70. The van der Waals surface area contributed by atoms with E-state index in [2.05, 4.69) is 19.9 Å². The fraction of sp³-hybridized carbons (Fsp3) is 0. The summed E-state index contributed by atoms with van der Waals surface area (Å²) < 4.78 is 1.86. The van der Waals surface area contributed by atoms with Crippen molar-refractivity contribution in [1.29, 1.82) is 0 Å². The van der Waals surface area contributed by atoms with Gasteiger partial charge in [0.1, 0.15) is 0 Å². The van der Waals surface area contributed by atoms with Crippen molar-refractivity contribution in [3.8, 4) is 0 Å². The first-order valence-corrected chi connectivity index (χ1v) is 5.46. The summed E-state index contributed by atoms with van der Waals surface area (Å²) in [6.07, 6.45) is 5.31. The number of hydrogen-bond donors (Lipinski definition) is 0. The largest absolute Gasteiger partial charge is 0.246 e. The molecule has 0 aliphatic rings. The van der Waals surface area contributed by atoms with Crippen LogP contribution in [0.4, 0.5) is 5.82 Å². The molecule has 0 saturated heterocycles. The van der Waals surface area contributed by atoms with Gasteiger partial charge in [0.25, 0.3) is 0 Å². The highest BCUT2D eigenvalue weighted by molar-refractivity contribution is 7.03. The van der Waals surface area contributed by atoms with Crippen LogP contribution in [-0.4, -0.2) is 18.7 Å². The number of rotatable bonds is 1. The zero-order valence-corrected chi connectivity index (χ0v) is 9.00. The van der Waals surface area contributed by atoms with Crippen molar-refractivity contribution in [3.63, 3.8) is 0 Å². The van der Waals surface area contributed by atoms with E-state index in [1.165, 1.54) is 11.5 Å². The second-order valence-corrected chi connectivity index (χ2v) is 3.97. The fourth-order valence-corrected chi connectivity index (χ4v) is 1.99. The van der Waals surface area contributed by atoms with Crippen molar-refractivity contribution in [3.05, 3.63) is 47.7 Å². The minimum absolute atomic E-state index is 0.650.